The Morgan fingerprint density at radius 2 is 1.58 bits per heavy atom. The first kappa shape index (κ1) is 11.5. The Hall–Kier alpha value is -0.160. The standard InChI is InChI=1S/C15H22O4/c1-2-10-12(18-10)5-9(1)14-16-7-15(8-17-14)4-3-11-13(6-15)19-11/h9-14H,1-8H2/t9-,10+,11-,12-,13+,14?,15?/m1/s1. The Labute approximate surface area is 113 Å². The van der Waals surface area contributed by atoms with Crippen molar-refractivity contribution in [2.75, 3.05) is 13.2 Å². The molecule has 0 radical (unpaired) electrons. The number of epoxide rings is 2. The minimum Gasteiger partial charge on any atom is -0.370 e. The molecule has 0 aromatic rings. The lowest BCUT2D eigenvalue weighted by molar-refractivity contribution is -0.257. The Morgan fingerprint density at radius 1 is 0.789 bits per heavy atom. The van der Waals surface area contributed by atoms with Gasteiger partial charge in [-0.05, 0) is 38.5 Å². The van der Waals surface area contributed by atoms with Crippen LogP contribution in [0.2, 0.25) is 0 Å². The molecule has 0 unspecified atom stereocenters. The largest absolute Gasteiger partial charge is 0.370 e. The molecule has 106 valence electrons. The van der Waals surface area contributed by atoms with Gasteiger partial charge >= 0.3 is 0 Å². The van der Waals surface area contributed by atoms with Crippen molar-refractivity contribution >= 4 is 0 Å². The molecule has 5 aliphatic rings. The van der Waals surface area contributed by atoms with Crippen molar-refractivity contribution in [3.63, 3.8) is 0 Å². The maximum absolute atomic E-state index is 6.11. The Bertz CT molecular complexity index is 376. The van der Waals surface area contributed by atoms with Crippen LogP contribution in [-0.2, 0) is 18.9 Å². The van der Waals surface area contributed by atoms with Crippen molar-refractivity contribution in [2.24, 2.45) is 11.3 Å². The van der Waals surface area contributed by atoms with E-state index in [9.17, 15) is 0 Å². The van der Waals surface area contributed by atoms with Gasteiger partial charge in [0.05, 0.1) is 37.6 Å². The Kier molecular flexibility index (Phi) is 2.38. The molecular formula is C15H22O4. The molecule has 3 saturated heterocycles. The zero-order valence-electron chi connectivity index (χ0n) is 11.3. The number of fused-ring (bicyclic) bond motifs is 2. The summed E-state index contributed by atoms with van der Waals surface area (Å²) < 4.78 is 23.5. The third-order valence-electron chi connectivity index (χ3n) is 5.82. The Balaban J connectivity index is 1.21. The van der Waals surface area contributed by atoms with E-state index in [1.54, 1.807) is 0 Å². The molecule has 4 heteroatoms. The van der Waals surface area contributed by atoms with Gasteiger partial charge in [0, 0.05) is 11.3 Å². The zero-order chi connectivity index (χ0) is 12.4. The molecule has 19 heavy (non-hydrogen) atoms. The topological polar surface area (TPSA) is 43.5 Å². The van der Waals surface area contributed by atoms with Gasteiger partial charge in [-0.3, -0.25) is 0 Å². The first-order valence-electron chi connectivity index (χ1n) is 7.86. The van der Waals surface area contributed by atoms with Crippen LogP contribution in [0.5, 0.6) is 0 Å². The van der Waals surface area contributed by atoms with Gasteiger partial charge in [0.15, 0.2) is 6.29 Å². The van der Waals surface area contributed by atoms with Crippen molar-refractivity contribution in [2.45, 2.75) is 69.2 Å². The van der Waals surface area contributed by atoms with Crippen LogP contribution in [0, 0.1) is 11.3 Å². The second kappa shape index (κ2) is 3.94. The van der Waals surface area contributed by atoms with Crippen LogP contribution in [0.25, 0.3) is 0 Å². The smallest absolute Gasteiger partial charge is 0.160 e. The van der Waals surface area contributed by atoms with E-state index in [4.69, 9.17) is 18.9 Å². The van der Waals surface area contributed by atoms with Crippen LogP contribution in [0.4, 0.5) is 0 Å². The van der Waals surface area contributed by atoms with Gasteiger partial charge in [0.1, 0.15) is 0 Å². The van der Waals surface area contributed by atoms with Crippen molar-refractivity contribution in [3.05, 3.63) is 0 Å². The summed E-state index contributed by atoms with van der Waals surface area (Å²) in [5.74, 6) is 0.551. The highest BCUT2D eigenvalue weighted by Gasteiger charge is 2.53. The van der Waals surface area contributed by atoms with E-state index in [0.29, 0.717) is 30.3 Å². The maximum atomic E-state index is 6.11. The summed E-state index contributed by atoms with van der Waals surface area (Å²) in [6, 6.07) is 0. The molecular weight excluding hydrogens is 244 g/mol. The molecule has 1 spiro atoms. The number of ether oxygens (including phenoxy) is 4. The fourth-order valence-electron chi connectivity index (χ4n) is 4.41. The van der Waals surface area contributed by atoms with Crippen LogP contribution in [-0.4, -0.2) is 43.9 Å². The summed E-state index contributed by atoms with van der Waals surface area (Å²) in [4.78, 5) is 0. The summed E-state index contributed by atoms with van der Waals surface area (Å²) in [6.07, 6.45) is 9.24. The predicted octanol–water partition coefficient (Wildman–Crippen LogP) is 1.86. The van der Waals surface area contributed by atoms with Gasteiger partial charge in [0.25, 0.3) is 0 Å². The molecule has 5 rings (SSSR count). The first-order chi connectivity index (χ1) is 9.31. The molecule has 0 N–H and O–H groups in total. The summed E-state index contributed by atoms with van der Waals surface area (Å²) in [5.41, 5.74) is 0.251. The Morgan fingerprint density at radius 3 is 2.37 bits per heavy atom. The lowest BCUT2D eigenvalue weighted by Crippen LogP contribution is -2.47. The molecule has 5 atom stereocenters. The SMILES string of the molecule is C1C[C@@H]2O[C@@H]2C[C@@H]1C1OCC2(CC[C@H]3O[C@H]3C2)CO1. The molecule has 0 amide bonds. The molecule has 0 aromatic heterocycles. The van der Waals surface area contributed by atoms with Gasteiger partial charge in [-0.25, -0.2) is 0 Å². The monoisotopic (exact) mass is 266 g/mol. The van der Waals surface area contributed by atoms with Crippen LogP contribution < -0.4 is 0 Å². The van der Waals surface area contributed by atoms with Gasteiger partial charge in [-0.15, -0.1) is 0 Å². The van der Waals surface area contributed by atoms with Crippen molar-refractivity contribution in [3.8, 4) is 0 Å². The fraction of sp³-hybridized carbons (Fsp3) is 1.00. The summed E-state index contributed by atoms with van der Waals surface area (Å²) in [7, 11) is 0. The number of hydrogen-bond donors (Lipinski definition) is 0. The molecule has 0 bridgehead atoms. The lowest BCUT2D eigenvalue weighted by Gasteiger charge is -2.43. The quantitative estimate of drug-likeness (QED) is 0.680. The number of hydrogen-bond acceptors (Lipinski definition) is 4. The van der Waals surface area contributed by atoms with Crippen LogP contribution in [0.3, 0.4) is 0 Å². The summed E-state index contributed by atoms with van der Waals surface area (Å²) >= 11 is 0. The minimum atomic E-state index is 0.0219. The first-order valence-corrected chi connectivity index (χ1v) is 7.86. The van der Waals surface area contributed by atoms with Gasteiger partial charge < -0.3 is 18.9 Å². The molecule has 4 nitrogen and oxygen atoms in total. The van der Waals surface area contributed by atoms with Gasteiger partial charge in [-0.2, -0.15) is 0 Å². The lowest BCUT2D eigenvalue weighted by atomic mass is 9.74. The van der Waals surface area contributed by atoms with Crippen LogP contribution >= 0.6 is 0 Å². The predicted molar refractivity (Wildman–Crippen MR) is 66.6 cm³/mol. The second-order valence-corrected chi connectivity index (χ2v) is 7.23. The van der Waals surface area contributed by atoms with Crippen molar-refractivity contribution in [1.82, 2.24) is 0 Å². The van der Waals surface area contributed by atoms with Crippen LogP contribution in [0.15, 0.2) is 0 Å². The third-order valence-corrected chi connectivity index (χ3v) is 5.82. The molecule has 3 heterocycles. The van der Waals surface area contributed by atoms with Gasteiger partial charge in [-0.1, -0.05) is 0 Å². The van der Waals surface area contributed by atoms with E-state index in [2.05, 4.69) is 0 Å². The molecule has 2 saturated carbocycles. The van der Waals surface area contributed by atoms with E-state index in [-0.39, 0.29) is 11.7 Å². The van der Waals surface area contributed by atoms with E-state index < -0.39 is 0 Å². The maximum Gasteiger partial charge on any atom is 0.160 e. The van der Waals surface area contributed by atoms with E-state index in [1.807, 2.05) is 0 Å². The van der Waals surface area contributed by atoms with E-state index in [1.165, 1.54) is 25.7 Å². The van der Waals surface area contributed by atoms with Crippen LogP contribution in [0.1, 0.15) is 38.5 Å². The van der Waals surface area contributed by atoms with Crippen molar-refractivity contribution in [1.29, 1.82) is 0 Å². The summed E-state index contributed by atoms with van der Waals surface area (Å²) in [5, 5.41) is 0. The summed E-state index contributed by atoms with van der Waals surface area (Å²) in [6.45, 7) is 1.74. The van der Waals surface area contributed by atoms with Gasteiger partial charge in [0.2, 0.25) is 0 Å². The molecule has 2 aliphatic carbocycles. The highest BCUT2D eigenvalue weighted by molar-refractivity contribution is 5.00. The number of rotatable bonds is 1. The molecule has 0 aromatic carbocycles. The average Bonchev–Trinajstić information content (AvgIpc) is 3.33. The van der Waals surface area contributed by atoms with Crippen molar-refractivity contribution < 1.29 is 18.9 Å². The highest BCUT2D eigenvalue weighted by Crippen LogP contribution is 2.49. The zero-order valence-corrected chi connectivity index (χ0v) is 11.3. The molecule has 3 aliphatic heterocycles. The molecule has 5 fully saturated rings. The minimum absolute atomic E-state index is 0.0219. The fourth-order valence-corrected chi connectivity index (χ4v) is 4.41. The van der Waals surface area contributed by atoms with E-state index in [0.717, 1.165) is 26.1 Å². The second-order valence-electron chi connectivity index (χ2n) is 7.23. The average molecular weight is 266 g/mol. The van der Waals surface area contributed by atoms with E-state index >= 15 is 0 Å². The highest BCUT2D eigenvalue weighted by atomic mass is 16.7. The third kappa shape index (κ3) is 1.96. The normalized spacial score (nSPS) is 59.4.